The molecule has 3 rings (SSSR count). The predicted molar refractivity (Wildman–Crippen MR) is 98.8 cm³/mol. The van der Waals surface area contributed by atoms with Crippen LogP contribution in [0.4, 0.5) is 5.69 Å². The fourth-order valence-corrected chi connectivity index (χ4v) is 3.44. The molecule has 0 radical (unpaired) electrons. The zero-order valence-electron chi connectivity index (χ0n) is 15.1. The summed E-state index contributed by atoms with van der Waals surface area (Å²) in [6, 6.07) is 12.9. The average Bonchev–Trinajstić information content (AvgIpc) is 2.85. The normalized spacial score (nSPS) is 14.6. The molecular formula is C21H19NO5. The number of anilines is 1. The van der Waals surface area contributed by atoms with E-state index in [1.54, 1.807) is 55.5 Å². The minimum Gasteiger partial charge on any atom is -0.466 e. The van der Waals surface area contributed by atoms with Gasteiger partial charge in [0.1, 0.15) is 5.41 Å². The fraction of sp³-hybridized carbons (Fsp3) is 0.238. The molecule has 0 unspecified atom stereocenters. The van der Waals surface area contributed by atoms with Crippen molar-refractivity contribution in [1.82, 2.24) is 0 Å². The van der Waals surface area contributed by atoms with Crippen LogP contribution in [0.5, 0.6) is 0 Å². The first kappa shape index (κ1) is 18.5. The molecule has 1 aliphatic carbocycles. The Labute approximate surface area is 156 Å². The van der Waals surface area contributed by atoms with Gasteiger partial charge in [0.05, 0.1) is 13.0 Å². The number of rotatable bonds is 5. The minimum atomic E-state index is -1.65. The third-order valence-corrected chi connectivity index (χ3v) is 4.60. The van der Waals surface area contributed by atoms with Gasteiger partial charge in [-0.15, -0.1) is 0 Å². The van der Waals surface area contributed by atoms with Crippen molar-refractivity contribution < 1.29 is 23.9 Å². The molecule has 27 heavy (non-hydrogen) atoms. The molecule has 6 heteroatoms. The summed E-state index contributed by atoms with van der Waals surface area (Å²) in [6.07, 6.45) is -0.368. The molecule has 138 valence electrons. The highest BCUT2D eigenvalue weighted by molar-refractivity contribution is 6.34. The van der Waals surface area contributed by atoms with E-state index in [1.807, 2.05) is 0 Å². The van der Waals surface area contributed by atoms with Crippen LogP contribution in [0, 0.1) is 0 Å². The van der Waals surface area contributed by atoms with E-state index in [2.05, 4.69) is 5.32 Å². The third kappa shape index (κ3) is 3.14. The Morgan fingerprint density at radius 2 is 1.52 bits per heavy atom. The van der Waals surface area contributed by atoms with E-state index in [-0.39, 0.29) is 18.9 Å². The van der Waals surface area contributed by atoms with Crippen molar-refractivity contribution >= 4 is 29.1 Å². The zero-order valence-corrected chi connectivity index (χ0v) is 15.1. The second-order valence-corrected chi connectivity index (χ2v) is 6.35. The van der Waals surface area contributed by atoms with Gasteiger partial charge in [-0.2, -0.15) is 0 Å². The molecule has 0 aromatic heterocycles. The van der Waals surface area contributed by atoms with Gasteiger partial charge in [-0.05, 0) is 24.6 Å². The molecule has 1 aliphatic rings. The molecule has 2 aromatic carbocycles. The highest BCUT2D eigenvalue weighted by Crippen LogP contribution is 2.42. The second kappa shape index (κ2) is 7.15. The lowest BCUT2D eigenvalue weighted by molar-refractivity contribution is -0.144. The summed E-state index contributed by atoms with van der Waals surface area (Å²) in [5, 5.41) is 2.64. The zero-order chi connectivity index (χ0) is 19.6. The molecule has 1 N–H and O–H groups in total. The maximum atomic E-state index is 13.2. The van der Waals surface area contributed by atoms with Crippen LogP contribution in [-0.4, -0.2) is 30.0 Å². The Balaban J connectivity index is 2.10. The van der Waals surface area contributed by atoms with Crippen LogP contribution in [0.25, 0.3) is 0 Å². The Morgan fingerprint density at radius 1 is 0.963 bits per heavy atom. The number of carbonyl (C=O) groups excluding carboxylic acids is 4. The number of ketones is 2. The van der Waals surface area contributed by atoms with Gasteiger partial charge in [0.25, 0.3) is 0 Å². The molecule has 6 nitrogen and oxygen atoms in total. The quantitative estimate of drug-likeness (QED) is 0.650. The van der Waals surface area contributed by atoms with Gasteiger partial charge >= 0.3 is 5.97 Å². The third-order valence-electron chi connectivity index (χ3n) is 4.60. The van der Waals surface area contributed by atoms with E-state index in [1.165, 1.54) is 6.92 Å². The van der Waals surface area contributed by atoms with Gasteiger partial charge in [0, 0.05) is 23.7 Å². The molecule has 1 amide bonds. The topological polar surface area (TPSA) is 89.5 Å². The van der Waals surface area contributed by atoms with E-state index >= 15 is 0 Å². The summed E-state index contributed by atoms with van der Waals surface area (Å²) in [5.74, 6) is -1.67. The molecule has 0 bridgehead atoms. The monoisotopic (exact) mass is 365 g/mol. The van der Waals surface area contributed by atoms with Gasteiger partial charge in [-0.1, -0.05) is 36.4 Å². The lowest BCUT2D eigenvalue weighted by atomic mass is 9.73. The standard InChI is InChI=1S/C21H19NO5/c1-3-27-18(24)12-21(14-8-10-15(11-9-14)22-13(2)23)19(25)16-6-4-5-7-17(16)20(21)26/h4-11H,3,12H2,1-2H3,(H,22,23). The number of fused-ring (bicyclic) bond motifs is 1. The maximum Gasteiger partial charge on any atom is 0.307 e. The molecule has 0 saturated carbocycles. The van der Waals surface area contributed by atoms with Crippen LogP contribution in [0.2, 0.25) is 0 Å². The number of amides is 1. The van der Waals surface area contributed by atoms with Gasteiger partial charge < -0.3 is 10.1 Å². The summed E-state index contributed by atoms with van der Waals surface area (Å²) in [5.41, 5.74) is -0.107. The van der Waals surface area contributed by atoms with Gasteiger partial charge in [-0.3, -0.25) is 19.2 Å². The van der Waals surface area contributed by atoms with Crippen LogP contribution in [-0.2, 0) is 19.7 Å². The summed E-state index contributed by atoms with van der Waals surface area (Å²) in [6.45, 7) is 3.21. The number of hydrogen-bond donors (Lipinski definition) is 1. The predicted octanol–water partition coefficient (Wildman–Crippen LogP) is 2.92. The summed E-state index contributed by atoms with van der Waals surface area (Å²) in [7, 11) is 0. The molecule has 0 aliphatic heterocycles. The summed E-state index contributed by atoms with van der Waals surface area (Å²) < 4.78 is 5.02. The number of esters is 1. The smallest absolute Gasteiger partial charge is 0.307 e. The number of benzene rings is 2. The number of Topliss-reactive ketones (excluding diaryl/α,β-unsaturated/α-hetero) is 2. The van der Waals surface area contributed by atoms with E-state index in [0.717, 1.165) is 0 Å². The highest BCUT2D eigenvalue weighted by Gasteiger charge is 2.55. The van der Waals surface area contributed by atoms with Gasteiger partial charge in [-0.25, -0.2) is 0 Å². The Morgan fingerprint density at radius 3 is 2.00 bits per heavy atom. The molecule has 0 saturated heterocycles. The maximum absolute atomic E-state index is 13.2. The van der Waals surface area contributed by atoms with Crippen molar-refractivity contribution in [2.45, 2.75) is 25.7 Å². The summed E-state index contributed by atoms with van der Waals surface area (Å²) in [4.78, 5) is 49.9. The number of hydrogen-bond acceptors (Lipinski definition) is 5. The highest BCUT2D eigenvalue weighted by atomic mass is 16.5. The number of nitrogens with one attached hydrogen (secondary N) is 1. The van der Waals surface area contributed by atoms with Crippen LogP contribution in [0.1, 0.15) is 46.5 Å². The van der Waals surface area contributed by atoms with Crippen molar-refractivity contribution in [3.05, 3.63) is 65.2 Å². The number of ether oxygens (including phenoxy) is 1. The van der Waals surface area contributed by atoms with Crippen LogP contribution < -0.4 is 5.32 Å². The number of carbonyl (C=O) groups is 4. The molecule has 2 aromatic rings. The van der Waals surface area contributed by atoms with Crippen molar-refractivity contribution in [2.75, 3.05) is 11.9 Å². The van der Waals surface area contributed by atoms with Crippen molar-refractivity contribution in [2.24, 2.45) is 0 Å². The van der Waals surface area contributed by atoms with E-state index in [4.69, 9.17) is 4.74 Å². The first-order chi connectivity index (χ1) is 12.9. The minimum absolute atomic E-state index is 0.158. The second-order valence-electron chi connectivity index (χ2n) is 6.35. The SMILES string of the molecule is CCOC(=O)CC1(c2ccc(NC(C)=O)cc2)C(=O)c2ccccc2C1=O. The lowest BCUT2D eigenvalue weighted by Crippen LogP contribution is -2.41. The van der Waals surface area contributed by atoms with Crippen LogP contribution in [0.3, 0.4) is 0 Å². The summed E-state index contributed by atoms with van der Waals surface area (Å²) >= 11 is 0. The Hall–Kier alpha value is -3.28. The first-order valence-corrected chi connectivity index (χ1v) is 8.62. The van der Waals surface area contributed by atoms with E-state index in [0.29, 0.717) is 22.4 Å². The fourth-order valence-electron chi connectivity index (χ4n) is 3.44. The molecule has 0 heterocycles. The molecule has 0 atom stereocenters. The van der Waals surface area contributed by atoms with E-state index in [9.17, 15) is 19.2 Å². The molecule has 0 spiro atoms. The van der Waals surface area contributed by atoms with E-state index < -0.39 is 23.0 Å². The lowest BCUT2D eigenvalue weighted by Gasteiger charge is -2.25. The van der Waals surface area contributed by atoms with Gasteiger partial charge in [0.2, 0.25) is 5.91 Å². The van der Waals surface area contributed by atoms with Crippen molar-refractivity contribution in [3.8, 4) is 0 Å². The average molecular weight is 365 g/mol. The molecule has 0 fully saturated rings. The molecular weight excluding hydrogens is 346 g/mol. The Bertz CT molecular complexity index is 895. The van der Waals surface area contributed by atoms with Crippen LogP contribution in [0.15, 0.2) is 48.5 Å². The Kier molecular flexibility index (Phi) is 4.90. The largest absolute Gasteiger partial charge is 0.466 e. The van der Waals surface area contributed by atoms with Crippen molar-refractivity contribution in [1.29, 1.82) is 0 Å². The first-order valence-electron chi connectivity index (χ1n) is 8.62. The van der Waals surface area contributed by atoms with Gasteiger partial charge in [0.15, 0.2) is 11.6 Å². The van der Waals surface area contributed by atoms with Crippen molar-refractivity contribution in [3.63, 3.8) is 0 Å². The van der Waals surface area contributed by atoms with Crippen LogP contribution >= 0.6 is 0 Å².